The molecule has 108 valence electrons. The third-order valence-corrected chi connectivity index (χ3v) is 4.57. The Morgan fingerprint density at radius 2 is 1.86 bits per heavy atom. The molecule has 0 fully saturated rings. The van der Waals surface area contributed by atoms with Gasteiger partial charge in [0, 0.05) is 11.1 Å². The molecule has 1 heterocycles. The molecule has 3 aromatic rings. The van der Waals surface area contributed by atoms with Crippen LogP contribution in [0, 0.1) is 0 Å². The molecule has 0 amide bonds. The summed E-state index contributed by atoms with van der Waals surface area (Å²) in [6.45, 7) is 0.00807. The standard InChI is InChI=1S/C15H13NO3S2/c1-21(17,18)19-10-12-8-5-9-13-14(12)16-15(20-13)11-6-3-2-4-7-11/h2-9H,10H2,1H3. The Balaban J connectivity index is 2.02. The molecule has 21 heavy (non-hydrogen) atoms. The molecule has 0 N–H and O–H groups in total. The van der Waals surface area contributed by atoms with E-state index in [2.05, 4.69) is 4.98 Å². The third-order valence-electron chi connectivity index (χ3n) is 2.95. The lowest BCUT2D eigenvalue weighted by molar-refractivity contribution is 0.313. The van der Waals surface area contributed by atoms with E-state index in [1.54, 1.807) is 11.3 Å². The monoisotopic (exact) mass is 319 g/mol. The summed E-state index contributed by atoms with van der Waals surface area (Å²) in [6, 6.07) is 15.6. The Morgan fingerprint density at radius 1 is 1.10 bits per heavy atom. The molecule has 0 aliphatic heterocycles. The van der Waals surface area contributed by atoms with Gasteiger partial charge in [0.1, 0.15) is 5.01 Å². The molecule has 0 saturated carbocycles. The van der Waals surface area contributed by atoms with Crippen molar-refractivity contribution in [3.05, 3.63) is 54.1 Å². The zero-order chi connectivity index (χ0) is 14.9. The first kappa shape index (κ1) is 14.2. The quantitative estimate of drug-likeness (QED) is 0.691. The summed E-state index contributed by atoms with van der Waals surface area (Å²) in [6.07, 6.45) is 1.05. The zero-order valence-electron chi connectivity index (χ0n) is 11.3. The number of fused-ring (bicyclic) bond motifs is 1. The maximum absolute atomic E-state index is 11.1. The highest BCUT2D eigenvalue weighted by molar-refractivity contribution is 7.85. The van der Waals surface area contributed by atoms with Gasteiger partial charge in [0.05, 0.1) is 23.1 Å². The van der Waals surface area contributed by atoms with Crippen molar-refractivity contribution in [3.63, 3.8) is 0 Å². The van der Waals surface area contributed by atoms with E-state index in [9.17, 15) is 8.42 Å². The molecule has 0 atom stereocenters. The van der Waals surface area contributed by atoms with Gasteiger partial charge in [-0.15, -0.1) is 11.3 Å². The molecule has 0 bridgehead atoms. The van der Waals surface area contributed by atoms with Gasteiger partial charge in [-0.1, -0.05) is 42.5 Å². The lowest BCUT2D eigenvalue weighted by Gasteiger charge is -2.02. The lowest BCUT2D eigenvalue weighted by atomic mass is 10.2. The van der Waals surface area contributed by atoms with Crippen molar-refractivity contribution >= 4 is 31.7 Å². The third kappa shape index (κ3) is 3.29. The highest BCUT2D eigenvalue weighted by Gasteiger charge is 2.11. The second-order valence-electron chi connectivity index (χ2n) is 4.62. The van der Waals surface area contributed by atoms with Crippen molar-refractivity contribution in [1.82, 2.24) is 4.98 Å². The van der Waals surface area contributed by atoms with Gasteiger partial charge in [-0.2, -0.15) is 8.42 Å². The summed E-state index contributed by atoms with van der Waals surface area (Å²) in [5, 5.41) is 0.914. The predicted octanol–water partition coefficient (Wildman–Crippen LogP) is 3.44. The second-order valence-corrected chi connectivity index (χ2v) is 7.29. The van der Waals surface area contributed by atoms with Crippen LogP contribution < -0.4 is 0 Å². The Bertz CT molecular complexity index is 870. The summed E-state index contributed by atoms with van der Waals surface area (Å²) in [5.41, 5.74) is 2.62. The second kappa shape index (κ2) is 5.55. The van der Waals surface area contributed by atoms with Gasteiger partial charge in [0.15, 0.2) is 0 Å². The molecule has 0 unspecified atom stereocenters. The maximum atomic E-state index is 11.1. The molecule has 6 heteroatoms. The van der Waals surface area contributed by atoms with Crippen LogP contribution in [-0.2, 0) is 20.9 Å². The van der Waals surface area contributed by atoms with Crippen LogP contribution in [0.25, 0.3) is 20.8 Å². The smallest absolute Gasteiger partial charge is 0.264 e. The van der Waals surface area contributed by atoms with E-state index < -0.39 is 10.1 Å². The van der Waals surface area contributed by atoms with Crippen LogP contribution in [0.15, 0.2) is 48.5 Å². The summed E-state index contributed by atoms with van der Waals surface area (Å²) in [7, 11) is -3.46. The maximum Gasteiger partial charge on any atom is 0.264 e. The van der Waals surface area contributed by atoms with Crippen LogP contribution in [-0.4, -0.2) is 19.7 Å². The molecule has 0 radical (unpaired) electrons. The van der Waals surface area contributed by atoms with Crippen molar-refractivity contribution in [1.29, 1.82) is 0 Å². The van der Waals surface area contributed by atoms with Crippen LogP contribution in [0.3, 0.4) is 0 Å². The van der Waals surface area contributed by atoms with Crippen LogP contribution in [0.4, 0.5) is 0 Å². The van der Waals surface area contributed by atoms with Crippen LogP contribution >= 0.6 is 11.3 Å². The number of thiazole rings is 1. The average molecular weight is 319 g/mol. The first-order valence-electron chi connectivity index (χ1n) is 6.31. The topological polar surface area (TPSA) is 56.3 Å². The summed E-state index contributed by atoms with van der Waals surface area (Å²) in [4.78, 5) is 4.63. The van der Waals surface area contributed by atoms with E-state index in [0.29, 0.717) is 0 Å². The molecular formula is C15H13NO3S2. The van der Waals surface area contributed by atoms with E-state index in [1.807, 2.05) is 48.5 Å². The van der Waals surface area contributed by atoms with Gasteiger partial charge >= 0.3 is 0 Å². The van der Waals surface area contributed by atoms with Crippen LogP contribution in [0.1, 0.15) is 5.56 Å². The molecule has 4 nitrogen and oxygen atoms in total. The highest BCUT2D eigenvalue weighted by atomic mass is 32.2. The first-order valence-corrected chi connectivity index (χ1v) is 8.94. The summed E-state index contributed by atoms with van der Waals surface area (Å²) < 4.78 is 28.1. The first-order chi connectivity index (χ1) is 10.0. The highest BCUT2D eigenvalue weighted by Crippen LogP contribution is 2.31. The summed E-state index contributed by atoms with van der Waals surface area (Å²) >= 11 is 1.58. The minimum absolute atomic E-state index is 0.00807. The summed E-state index contributed by atoms with van der Waals surface area (Å²) in [5.74, 6) is 0. The molecule has 0 saturated heterocycles. The Kier molecular flexibility index (Phi) is 3.75. The van der Waals surface area contributed by atoms with Gasteiger partial charge < -0.3 is 0 Å². The number of nitrogens with zero attached hydrogens (tertiary/aromatic N) is 1. The minimum atomic E-state index is -3.46. The van der Waals surface area contributed by atoms with Crippen molar-refractivity contribution in [2.24, 2.45) is 0 Å². The molecule has 3 rings (SSSR count). The molecule has 2 aromatic carbocycles. The number of benzene rings is 2. The molecular weight excluding hydrogens is 306 g/mol. The molecule has 1 aromatic heterocycles. The van der Waals surface area contributed by atoms with Gasteiger partial charge in [0.2, 0.25) is 0 Å². The molecule has 0 spiro atoms. The van der Waals surface area contributed by atoms with Crippen molar-refractivity contribution in [2.75, 3.05) is 6.26 Å². The Morgan fingerprint density at radius 3 is 2.57 bits per heavy atom. The normalized spacial score (nSPS) is 11.9. The zero-order valence-corrected chi connectivity index (χ0v) is 12.9. The SMILES string of the molecule is CS(=O)(=O)OCc1cccc2sc(-c3ccccc3)nc12. The number of rotatable bonds is 4. The Hall–Kier alpha value is -1.76. The minimum Gasteiger partial charge on any atom is -0.265 e. The van der Waals surface area contributed by atoms with Gasteiger partial charge in [-0.25, -0.2) is 4.98 Å². The lowest BCUT2D eigenvalue weighted by Crippen LogP contribution is -2.02. The van der Waals surface area contributed by atoms with Crippen LogP contribution in [0.5, 0.6) is 0 Å². The fourth-order valence-corrected chi connectivity index (χ4v) is 3.36. The van der Waals surface area contributed by atoms with Crippen molar-refractivity contribution in [2.45, 2.75) is 6.61 Å². The number of hydrogen-bond acceptors (Lipinski definition) is 5. The van der Waals surface area contributed by atoms with E-state index in [0.717, 1.165) is 32.6 Å². The van der Waals surface area contributed by atoms with Crippen LogP contribution in [0.2, 0.25) is 0 Å². The van der Waals surface area contributed by atoms with Crippen molar-refractivity contribution in [3.8, 4) is 10.6 Å². The van der Waals surface area contributed by atoms with E-state index in [-0.39, 0.29) is 6.61 Å². The molecule has 0 aliphatic carbocycles. The van der Waals surface area contributed by atoms with E-state index in [4.69, 9.17) is 4.18 Å². The van der Waals surface area contributed by atoms with Gasteiger partial charge in [-0.05, 0) is 6.07 Å². The fraction of sp³-hybridized carbons (Fsp3) is 0.133. The van der Waals surface area contributed by atoms with Gasteiger partial charge in [-0.3, -0.25) is 4.18 Å². The van der Waals surface area contributed by atoms with Crippen molar-refractivity contribution < 1.29 is 12.6 Å². The van der Waals surface area contributed by atoms with E-state index in [1.165, 1.54) is 0 Å². The fourth-order valence-electron chi connectivity index (χ4n) is 2.00. The number of para-hydroxylation sites is 1. The van der Waals surface area contributed by atoms with E-state index >= 15 is 0 Å². The Labute approximate surface area is 127 Å². The predicted molar refractivity (Wildman–Crippen MR) is 84.7 cm³/mol. The number of aromatic nitrogens is 1. The number of hydrogen-bond donors (Lipinski definition) is 0. The largest absolute Gasteiger partial charge is 0.265 e. The van der Waals surface area contributed by atoms with Gasteiger partial charge in [0.25, 0.3) is 10.1 Å². The average Bonchev–Trinajstić information content (AvgIpc) is 2.89. The molecule has 0 aliphatic rings.